The summed E-state index contributed by atoms with van der Waals surface area (Å²) in [6.45, 7) is 0.249. The van der Waals surface area contributed by atoms with Gasteiger partial charge in [-0.15, -0.1) is 0 Å². The van der Waals surface area contributed by atoms with E-state index in [1.165, 1.54) is 0 Å². The molecule has 3 nitrogen and oxygen atoms in total. The van der Waals surface area contributed by atoms with Gasteiger partial charge in [-0.1, -0.05) is 0 Å². The zero-order valence-electron chi connectivity index (χ0n) is 4.17. The van der Waals surface area contributed by atoms with E-state index in [4.69, 9.17) is 15.9 Å². The van der Waals surface area contributed by atoms with E-state index in [9.17, 15) is 0 Å². The highest BCUT2D eigenvalue weighted by atomic mass is 16.3. The maximum Gasteiger partial charge on any atom is 0.0782 e. The van der Waals surface area contributed by atoms with Gasteiger partial charge < -0.3 is 15.9 Å². The van der Waals surface area contributed by atoms with Gasteiger partial charge in [0.2, 0.25) is 0 Å². The van der Waals surface area contributed by atoms with Crippen LogP contribution in [0.3, 0.4) is 0 Å². The molecular formula is C4H11NO2. The van der Waals surface area contributed by atoms with E-state index in [0.29, 0.717) is 13.0 Å². The molecule has 4 N–H and O–H groups in total. The van der Waals surface area contributed by atoms with Crippen molar-refractivity contribution in [2.24, 2.45) is 5.73 Å². The van der Waals surface area contributed by atoms with Crippen LogP contribution < -0.4 is 5.73 Å². The first-order chi connectivity index (χ1) is 3.31. The molecule has 1 atom stereocenters. The summed E-state index contributed by atoms with van der Waals surface area (Å²) < 4.78 is 0. The van der Waals surface area contributed by atoms with Crippen LogP contribution in [0.15, 0.2) is 0 Å². The summed E-state index contributed by atoms with van der Waals surface area (Å²) in [5.74, 6) is 0. The van der Waals surface area contributed by atoms with Crippen molar-refractivity contribution in [3.05, 3.63) is 0 Å². The van der Waals surface area contributed by atoms with E-state index in [0.717, 1.165) is 0 Å². The summed E-state index contributed by atoms with van der Waals surface area (Å²) in [6.07, 6.45) is -0.138. The van der Waals surface area contributed by atoms with Gasteiger partial charge in [0.1, 0.15) is 0 Å². The number of hydrogen-bond acceptors (Lipinski definition) is 3. The van der Waals surface area contributed by atoms with E-state index < -0.39 is 6.10 Å². The van der Waals surface area contributed by atoms with Crippen LogP contribution in [0.1, 0.15) is 6.42 Å². The molecule has 0 saturated heterocycles. The molecule has 0 aliphatic heterocycles. The summed E-state index contributed by atoms with van der Waals surface area (Å²) in [5, 5.41) is 16.7. The third-order valence-corrected chi connectivity index (χ3v) is 0.711. The third-order valence-electron chi connectivity index (χ3n) is 0.711. The number of aliphatic hydroxyl groups excluding tert-OH is 2. The average Bonchev–Trinajstić information content (AvgIpc) is 1.68. The minimum absolute atomic E-state index is 0.183. The molecule has 0 rings (SSSR count). The molecule has 3 heteroatoms. The Morgan fingerprint density at radius 1 is 1.57 bits per heavy atom. The van der Waals surface area contributed by atoms with Gasteiger partial charge in [-0.25, -0.2) is 0 Å². The second-order valence-electron chi connectivity index (χ2n) is 1.41. The Hall–Kier alpha value is -0.120. The van der Waals surface area contributed by atoms with Crippen LogP contribution >= 0.6 is 0 Å². The lowest BCUT2D eigenvalue weighted by molar-refractivity contribution is 0.0902. The molecule has 44 valence electrons. The second-order valence-corrected chi connectivity index (χ2v) is 1.41. The van der Waals surface area contributed by atoms with E-state index in [1.807, 2.05) is 0 Å². The van der Waals surface area contributed by atoms with Gasteiger partial charge in [0, 0.05) is 0 Å². The first-order valence-corrected chi connectivity index (χ1v) is 2.30. The van der Waals surface area contributed by atoms with Crippen LogP contribution in [0.4, 0.5) is 0 Å². The molecule has 0 aliphatic rings. The zero-order valence-corrected chi connectivity index (χ0v) is 4.17. The fraction of sp³-hybridized carbons (Fsp3) is 1.00. The largest absolute Gasteiger partial charge is 0.394 e. The van der Waals surface area contributed by atoms with Gasteiger partial charge in [0.05, 0.1) is 12.7 Å². The lowest BCUT2D eigenvalue weighted by Gasteiger charge is -2.01. The maximum absolute atomic E-state index is 8.53. The molecule has 0 saturated carbocycles. The molecule has 0 aliphatic carbocycles. The number of nitrogens with two attached hydrogens (primary N) is 1. The van der Waals surface area contributed by atoms with Crippen LogP contribution in [0.25, 0.3) is 0 Å². The highest BCUT2D eigenvalue weighted by Gasteiger charge is 1.96. The minimum Gasteiger partial charge on any atom is -0.394 e. The Morgan fingerprint density at radius 3 is 2.29 bits per heavy atom. The first kappa shape index (κ1) is 6.88. The Bertz CT molecular complexity index is 40.7. The molecule has 0 aromatic heterocycles. The van der Waals surface area contributed by atoms with Gasteiger partial charge in [0.15, 0.2) is 0 Å². The molecule has 0 unspecified atom stereocenters. The standard InChI is InChI=1S/C4H11NO2/c5-2-1-4(7)3-6/h4,6-7H,1-3,5H2/t4-/m0/s1. The van der Waals surface area contributed by atoms with E-state index in [1.54, 1.807) is 0 Å². The Kier molecular flexibility index (Phi) is 3.98. The molecule has 0 bridgehead atoms. The fourth-order valence-electron chi connectivity index (χ4n) is 0.284. The topological polar surface area (TPSA) is 66.5 Å². The minimum atomic E-state index is -0.620. The zero-order chi connectivity index (χ0) is 5.70. The predicted octanol–water partition coefficient (Wildman–Crippen LogP) is -1.31. The smallest absolute Gasteiger partial charge is 0.0782 e. The van der Waals surface area contributed by atoms with Crippen molar-refractivity contribution in [1.29, 1.82) is 0 Å². The van der Waals surface area contributed by atoms with Crippen LogP contribution in [-0.2, 0) is 0 Å². The molecule has 0 aromatic rings. The number of hydrogen-bond donors (Lipinski definition) is 3. The van der Waals surface area contributed by atoms with Crippen molar-refractivity contribution in [2.45, 2.75) is 12.5 Å². The van der Waals surface area contributed by atoms with Crippen molar-refractivity contribution in [2.75, 3.05) is 13.2 Å². The second kappa shape index (κ2) is 4.05. The van der Waals surface area contributed by atoms with Gasteiger partial charge in [-0.3, -0.25) is 0 Å². The summed E-state index contributed by atoms with van der Waals surface area (Å²) in [7, 11) is 0. The Balaban J connectivity index is 2.83. The first-order valence-electron chi connectivity index (χ1n) is 2.30. The SMILES string of the molecule is NCC[C@H](O)CO. The van der Waals surface area contributed by atoms with Gasteiger partial charge in [-0.2, -0.15) is 0 Å². The van der Waals surface area contributed by atoms with Gasteiger partial charge in [-0.05, 0) is 13.0 Å². The molecular weight excluding hydrogens is 94.0 g/mol. The molecule has 0 heterocycles. The van der Waals surface area contributed by atoms with Crippen molar-refractivity contribution in [3.8, 4) is 0 Å². The monoisotopic (exact) mass is 105 g/mol. The van der Waals surface area contributed by atoms with Crippen molar-refractivity contribution in [1.82, 2.24) is 0 Å². The summed E-state index contributed by atoms with van der Waals surface area (Å²) >= 11 is 0. The van der Waals surface area contributed by atoms with Crippen LogP contribution in [-0.4, -0.2) is 29.5 Å². The summed E-state index contributed by atoms with van der Waals surface area (Å²) in [5.41, 5.74) is 5.03. The van der Waals surface area contributed by atoms with Crippen LogP contribution in [0.5, 0.6) is 0 Å². The van der Waals surface area contributed by atoms with Crippen LogP contribution in [0.2, 0.25) is 0 Å². The van der Waals surface area contributed by atoms with Crippen molar-refractivity contribution < 1.29 is 10.2 Å². The lowest BCUT2D eigenvalue weighted by atomic mass is 10.3. The van der Waals surface area contributed by atoms with E-state index in [-0.39, 0.29) is 6.61 Å². The van der Waals surface area contributed by atoms with Crippen molar-refractivity contribution in [3.63, 3.8) is 0 Å². The molecule has 0 aromatic carbocycles. The highest BCUT2D eigenvalue weighted by molar-refractivity contribution is 4.50. The quantitative estimate of drug-likeness (QED) is 0.417. The Morgan fingerprint density at radius 2 is 2.14 bits per heavy atom. The van der Waals surface area contributed by atoms with Crippen molar-refractivity contribution >= 4 is 0 Å². The number of rotatable bonds is 3. The van der Waals surface area contributed by atoms with E-state index >= 15 is 0 Å². The van der Waals surface area contributed by atoms with Crippen LogP contribution in [0, 0.1) is 0 Å². The molecule has 0 amide bonds. The molecule has 0 fully saturated rings. The van der Waals surface area contributed by atoms with E-state index in [2.05, 4.69) is 0 Å². The summed E-state index contributed by atoms with van der Waals surface area (Å²) in [4.78, 5) is 0. The predicted molar refractivity (Wildman–Crippen MR) is 26.8 cm³/mol. The van der Waals surface area contributed by atoms with Gasteiger partial charge in [0.25, 0.3) is 0 Å². The average molecular weight is 105 g/mol. The Labute approximate surface area is 42.8 Å². The highest BCUT2D eigenvalue weighted by Crippen LogP contribution is 1.83. The van der Waals surface area contributed by atoms with Gasteiger partial charge >= 0.3 is 0 Å². The third kappa shape index (κ3) is 3.72. The molecule has 7 heavy (non-hydrogen) atoms. The fourth-order valence-corrected chi connectivity index (χ4v) is 0.284. The maximum atomic E-state index is 8.53. The summed E-state index contributed by atoms with van der Waals surface area (Å²) in [6, 6.07) is 0. The molecule has 0 radical (unpaired) electrons. The molecule has 0 spiro atoms. The lowest BCUT2D eigenvalue weighted by Crippen LogP contribution is -2.16. The normalized spacial score (nSPS) is 14.1. The number of aliphatic hydroxyl groups is 2.